The standard InChI is InChI=1S/C8H10BFO2S/c1-5-3-4-6(10)8(13-2)7(5)9(11)12/h3-4,11-12H,1-2H3. The first-order chi connectivity index (χ1) is 6.07. The average molecular weight is 200 g/mol. The molecule has 0 atom stereocenters. The summed E-state index contributed by atoms with van der Waals surface area (Å²) < 4.78 is 13.1. The monoisotopic (exact) mass is 200 g/mol. The van der Waals surface area contributed by atoms with Gasteiger partial charge in [-0.3, -0.25) is 0 Å². The van der Waals surface area contributed by atoms with E-state index in [4.69, 9.17) is 10.0 Å². The van der Waals surface area contributed by atoms with Gasteiger partial charge in [-0.2, -0.15) is 0 Å². The number of aryl methyl sites for hydroxylation is 1. The molecule has 70 valence electrons. The minimum absolute atomic E-state index is 0.257. The van der Waals surface area contributed by atoms with Crippen molar-refractivity contribution in [1.82, 2.24) is 0 Å². The van der Waals surface area contributed by atoms with Crippen LogP contribution in [0.2, 0.25) is 0 Å². The number of hydrogen-bond donors (Lipinski definition) is 2. The van der Waals surface area contributed by atoms with Crippen LogP contribution in [0.15, 0.2) is 17.0 Å². The van der Waals surface area contributed by atoms with Crippen molar-refractivity contribution in [3.63, 3.8) is 0 Å². The minimum Gasteiger partial charge on any atom is -0.423 e. The molecule has 0 bridgehead atoms. The van der Waals surface area contributed by atoms with Crippen molar-refractivity contribution in [2.45, 2.75) is 11.8 Å². The van der Waals surface area contributed by atoms with Crippen molar-refractivity contribution < 1.29 is 14.4 Å². The first-order valence-corrected chi connectivity index (χ1v) is 4.99. The van der Waals surface area contributed by atoms with Crippen molar-refractivity contribution in [3.8, 4) is 0 Å². The normalized spacial score (nSPS) is 10.2. The Bertz CT molecular complexity index is 317. The Morgan fingerprint density at radius 3 is 2.38 bits per heavy atom. The van der Waals surface area contributed by atoms with Gasteiger partial charge in [0.25, 0.3) is 0 Å². The largest absolute Gasteiger partial charge is 0.489 e. The summed E-state index contributed by atoms with van der Waals surface area (Å²) in [5.74, 6) is -0.416. The zero-order chi connectivity index (χ0) is 10.0. The third-order valence-electron chi connectivity index (χ3n) is 1.83. The predicted molar refractivity (Wildman–Crippen MR) is 52.7 cm³/mol. The summed E-state index contributed by atoms with van der Waals surface area (Å²) in [6, 6.07) is 2.86. The van der Waals surface area contributed by atoms with Gasteiger partial charge < -0.3 is 10.0 Å². The fourth-order valence-corrected chi connectivity index (χ4v) is 1.95. The summed E-state index contributed by atoms with van der Waals surface area (Å²) in [7, 11) is -1.61. The van der Waals surface area contributed by atoms with Crippen LogP contribution in [0.25, 0.3) is 0 Å². The molecule has 0 unspecified atom stereocenters. The maximum atomic E-state index is 13.1. The second-order valence-corrected chi connectivity index (χ2v) is 3.50. The van der Waals surface area contributed by atoms with Gasteiger partial charge in [-0.25, -0.2) is 4.39 Å². The predicted octanol–water partition coefficient (Wildman–Crippen LogP) is 0.536. The average Bonchev–Trinajstić information content (AvgIpc) is 2.07. The van der Waals surface area contributed by atoms with Crippen LogP contribution in [0.3, 0.4) is 0 Å². The van der Waals surface area contributed by atoms with E-state index in [9.17, 15) is 4.39 Å². The van der Waals surface area contributed by atoms with Crippen molar-refractivity contribution >= 4 is 24.3 Å². The van der Waals surface area contributed by atoms with Crippen LogP contribution < -0.4 is 5.46 Å². The van der Waals surface area contributed by atoms with Gasteiger partial charge in [-0.05, 0) is 19.2 Å². The lowest BCUT2D eigenvalue weighted by Gasteiger charge is -2.10. The van der Waals surface area contributed by atoms with E-state index < -0.39 is 12.9 Å². The first kappa shape index (κ1) is 10.6. The van der Waals surface area contributed by atoms with Crippen molar-refractivity contribution in [2.75, 3.05) is 6.26 Å². The van der Waals surface area contributed by atoms with E-state index in [1.54, 1.807) is 13.2 Å². The minimum atomic E-state index is -1.61. The fourth-order valence-electron chi connectivity index (χ4n) is 1.20. The van der Waals surface area contributed by atoms with Crippen LogP contribution in [0.5, 0.6) is 0 Å². The number of hydrogen-bond acceptors (Lipinski definition) is 3. The third-order valence-corrected chi connectivity index (χ3v) is 2.65. The molecule has 13 heavy (non-hydrogen) atoms. The topological polar surface area (TPSA) is 40.5 Å². The van der Waals surface area contributed by atoms with Crippen LogP contribution in [0.4, 0.5) is 4.39 Å². The maximum Gasteiger partial charge on any atom is 0.489 e. The highest BCUT2D eigenvalue weighted by molar-refractivity contribution is 7.98. The molecule has 0 amide bonds. The van der Waals surface area contributed by atoms with Gasteiger partial charge in [0.1, 0.15) is 5.82 Å². The highest BCUT2D eigenvalue weighted by Crippen LogP contribution is 2.18. The van der Waals surface area contributed by atoms with Gasteiger partial charge >= 0.3 is 7.12 Å². The second-order valence-electron chi connectivity index (χ2n) is 2.68. The summed E-state index contributed by atoms with van der Waals surface area (Å²) >= 11 is 1.17. The van der Waals surface area contributed by atoms with Crippen LogP contribution in [-0.4, -0.2) is 23.4 Å². The van der Waals surface area contributed by atoms with Crippen molar-refractivity contribution in [3.05, 3.63) is 23.5 Å². The van der Waals surface area contributed by atoms with E-state index >= 15 is 0 Å². The Morgan fingerprint density at radius 2 is 2.00 bits per heavy atom. The summed E-state index contributed by atoms with van der Waals surface area (Å²) in [6.07, 6.45) is 1.70. The molecule has 0 saturated heterocycles. The second kappa shape index (κ2) is 4.13. The highest BCUT2D eigenvalue weighted by Gasteiger charge is 2.20. The Kier molecular flexibility index (Phi) is 3.36. The van der Waals surface area contributed by atoms with Crippen LogP contribution in [-0.2, 0) is 0 Å². The molecule has 0 aliphatic heterocycles. The van der Waals surface area contributed by atoms with Gasteiger partial charge in [0.15, 0.2) is 0 Å². The molecule has 2 N–H and O–H groups in total. The molecule has 0 aromatic heterocycles. The number of rotatable bonds is 2. The van der Waals surface area contributed by atoms with E-state index in [1.165, 1.54) is 23.9 Å². The zero-order valence-corrected chi connectivity index (χ0v) is 8.23. The quantitative estimate of drug-likeness (QED) is 0.540. The Morgan fingerprint density at radius 1 is 1.38 bits per heavy atom. The molecule has 5 heteroatoms. The molecule has 0 saturated carbocycles. The van der Waals surface area contributed by atoms with Gasteiger partial charge in [0.2, 0.25) is 0 Å². The Hall–Kier alpha value is -0.515. The van der Waals surface area contributed by atoms with E-state index in [0.29, 0.717) is 10.5 Å². The third kappa shape index (κ3) is 2.04. The smallest absolute Gasteiger partial charge is 0.423 e. The molecule has 0 aliphatic rings. The molecular formula is C8H10BFO2S. The van der Waals surface area contributed by atoms with Crippen LogP contribution >= 0.6 is 11.8 Å². The fraction of sp³-hybridized carbons (Fsp3) is 0.250. The SMILES string of the molecule is CSc1c(F)ccc(C)c1B(O)O. The Balaban J connectivity index is 3.35. The van der Waals surface area contributed by atoms with Crippen molar-refractivity contribution in [2.24, 2.45) is 0 Å². The van der Waals surface area contributed by atoms with Gasteiger partial charge in [-0.15, -0.1) is 11.8 Å². The van der Waals surface area contributed by atoms with Crippen molar-refractivity contribution in [1.29, 1.82) is 0 Å². The van der Waals surface area contributed by atoms with Gasteiger partial charge in [0.05, 0.1) is 0 Å². The lowest BCUT2D eigenvalue weighted by molar-refractivity contribution is 0.423. The van der Waals surface area contributed by atoms with E-state index in [0.717, 1.165) is 0 Å². The number of halogens is 1. The maximum absolute atomic E-state index is 13.1. The first-order valence-electron chi connectivity index (χ1n) is 3.77. The molecule has 0 spiro atoms. The number of benzene rings is 1. The Labute approximate surface area is 80.9 Å². The summed E-state index contributed by atoms with van der Waals surface area (Å²) in [6.45, 7) is 1.72. The molecule has 0 radical (unpaired) electrons. The zero-order valence-electron chi connectivity index (χ0n) is 7.41. The molecular weight excluding hydrogens is 190 g/mol. The van der Waals surface area contributed by atoms with Gasteiger partial charge in [0, 0.05) is 10.4 Å². The summed E-state index contributed by atoms with van der Waals surface area (Å²) in [4.78, 5) is 0.301. The lowest BCUT2D eigenvalue weighted by atomic mass is 9.77. The molecule has 0 heterocycles. The molecule has 1 aromatic rings. The lowest BCUT2D eigenvalue weighted by Crippen LogP contribution is -2.34. The molecule has 2 nitrogen and oxygen atoms in total. The van der Waals surface area contributed by atoms with Gasteiger partial charge in [-0.1, -0.05) is 11.6 Å². The summed E-state index contributed by atoms with van der Waals surface area (Å²) in [5.41, 5.74) is 0.938. The molecule has 0 fully saturated rings. The summed E-state index contributed by atoms with van der Waals surface area (Å²) in [5, 5.41) is 18.0. The molecule has 1 rings (SSSR count). The van der Waals surface area contributed by atoms with E-state index in [1.807, 2.05) is 0 Å². The number of thioether (sulfide) groups is 1. The highest BCUT2D eigenvalue weighted by atomic mass is 32.2. The molecule has 1 aromatic carbocycles. The van der Waals surface area contributed by atoms with Crippen LogP contribution in [0.1, 0.15) is 5.56 Å². The van der Waals surface area contributed by atoms with Crippen LogP contribution in [0, 0.1) is 12.7 Å². The van der Waals surface area contributed by atoms with E-state index in [-0.39, 0.29) is 5.46 Å². The van der Waals surface area contributed by atoms with E-state index in [2.05, 4.69) is 0 Å². The molecule has 0 aliphatic carbocycles.